The minimum Gasteiger partial charge on any atom is -0.466 e. The van der Waals surface area contributed by atoms with Gasteiger partial charge in [0.25, 0.3) is 5.69 Å². The second-order valence-electron chi connectivity index (χ2n) is 4.12. The molecule has 0 aromatic heterocycles. The number of benzene rings is 1. The second kappa shape index (κ2) is 8.50. The molecule has 0 saturated carbocycles. The number of non-ortho nitro benzene ring substituents is 1. The van der Waals surface area contributed by atoms with Gasteiger partial charge in [0.2, 0.25) is 0 Å². The van der Waals surface area contributed by atoms with E-state index < -0.39 is 4.92 Å². The molecule has 0 saturated heterocycles. The Bertz CT molecular complexity index is 479. The summed E-state index contributed by atoms with van der Waals surface area (Å²) in [5, 5.41) is 14.1. The molecule has 1 N–H and O–H groups in total. The van der Waals surface area contributed by atoms with Crippen LogP contribution in [0.3, 0.4) is 0 Å². The SMILES string of the molecule is CCOC(=O)CCCNCc1ccc([N+](=O)[O-])cc1Cl. The van der Waals surface area contributed by atoms with Crippen molar-refractivity contribution in [1.82, 2.24) is 5.32 Å². The van der Waals surface area contributed by atoms with Gasteiger partial charge in [-0.25, -0.2) is 0 Å². The lowest BCUT2D eigenvalue weighted by atomic mass is 10.2. The Labute approximate surface area is 122 Å². The van der Waals surface area contributed by atoms with Gasteiger partial charge < -0.3 is 10.1 Å². The molecule has 0 atom stereocenters. The summed E-state index contributed by atoms with van der Waals surface area (Å²) in [5.41, 5.74) is 0.759. The van der Waals surface area contributed by atoms with Crippen LogP contribution in [0.4, 0.5) is 5.69 Å². The Morgan fingerprint density at radius 3 is 2.85 bits per heavy atom. The van der Waals surface area contributed by atoms with E-state index in [4.69, 9.17) is 16.3 Å². The van der Waals surface area contributed by atoms with E-state index in [1.54, 1.807) is 13.0 Å². The smallest absolute Gasteiger partial charge is 0.305 e. The van der Waals surface area contributed by atoms with Gasteiger partial charge in [-0.2, -0.15) is 0 Å². The molecule has 0 radical (unpaired) electrons. The number of nitro groups is 1. The number of nitrogens with one attached hydrogen (secondary N) is 1. The Morgan fingerprint density at radius 2 is 2.25 bits per heavy atom. The van der Waals surface area contributed by atoms with E-state index in [-0.39, 0.29) is 11.7 Å². The number of nitro benzene ring substituents is 1. The van der Waals surface area contributed by atoms with Crippen LogP contribution >= 0.6 is 11.6 Å². The minimum atomic E-state index is -0.484. The van der Waals surface area contributed by atoms with Crippen molar-refractivity contribution in [3.8, 4) is 0 Å². The van der Waals surface area contributed by atoms with Gasteiger partial charge in [0, 0.05) is 25.1 Å². The number of carbonyl (C=O) groups is 1. The van der Waals surface area contributed by atoms with Crippen molar-refractivity contribution in [1.29, 1.82) is 0 Å². The summed E-state index contributed by atoms with van der Waals surface area (Å²) >= 11 is 5.96. The summed E-state index contributed by atoms with van der Waals surface area (Å²) in [4.78, 5) is 21.2. The van der Waals surface area contributed by atoms with E-state index in [1.165, 1.54) is 12.1 Å². The fourth-order valence-electron chi connectivity index (χ4n) is 1.61. The zero-order chi connectivity index (χ0) is 15.0. The molecule has 0 amide bonds. The molecule has 1 rings (SSSR count). The number of carbonyl (C=O) groups excluding carboxylic acids is 1. The number of hydrogen-bond donors (Lipinski definition) is 1. The zero-order valence-electron chi connectivity index (χ0n) is 11.2. The average Bonchev–Trinajstić information content (AvgIpc) is 2.40. The van der Waals surface area contributed by atoms with E-state index >= 15 is 0 Å². The number of ether oxygens (including phenoxy) is 1. The van der Waals surface area contributed by atoms with Gasteiger partial charge in [0.15, 0.2) is 0 Å². The maximum Gasteiger partial charge on any atom is 0.305 e. The van der Waals surface area contributed by atoms with E-state index in [0.29, 0.717) is 37.6 Å². The van der Waals surface area contributed by atoms with Crippen molar-refractivity contribution >= 4 is 23.3 Å². The lowest BCUT2D eigenvalue weighted by Crippen LogP contribution is -2.16. The van der Waals surface area contributed by atoms with Crippen LogP contribution in [0.5, 0.6) is 0 Å². The van der Waals surface area contributed by atoms with E-state index in [1.807, 2.05) is 0 Å². The molecule has 0 fully saturated rings. The van der Waals surface area contributed by atoms with Crippen LogP contribution < -0.4 is 5.32 Å². The van der Waals surface area contributed by atoms with Crippen LogP contribution in [0.2, 0.25) is 5.02 Å². The number of nitrogens with zero attached hydrogens (tertiary/aromatic N) is 1. The highest BCUT2D eigenvalue weighted by atomic mass is 35.5. The standard InChI is InChI=1S/C13H17ClN2O4/c1-2-20-13(17)4-3-7-15-9-10-5-6-11(16(18)19)8-12(10)14/h5-6,8,15H,2-4,7,9H2,1H3. The Hall–Kier alpha value is -1.66. The van der Waals surface area contributed by atoms with Gasteiger partial charge in [-0.05, 0) is 31.5 Å². The topological polar surface area (TPSA) is 81.5 Å². The molecule has 110 valence electrons. The quantitative estimate of drug-likeness (QED) is 0.345. The molecule has 7 heteroatoms. The molecule has 0 bridgehead atoms. The highest BCUT2D eigenvalue weighted by Crippen LogP contribution is 2.22. The number of rotatable bonds is 8. The van der Waals surface area contributed by atoms with Gasteiger partial charge >= 0.3 is 5.97 Å². The fourth-order valence-corrected chi connectivity index (χ4v) is 1.85. The van der Waals surface area contributed by atoms with Crippen LogP contribution in [-0.4, -0.2) is 24.0 Å². The van der Waals surface area contributed by atoms with Crippen LogP contribution in [0.15, 0.2) is 18.2 Å². The van der Waals surface area contributed by atoms with Gasteiger partial charge in [-0.1, -0.05) is 11.6 Å². The van der Waals surface area contributed by atoms with Gasteiger partial charge in [0.05, 0.1) is 16.6 Å². The molecule has 1 aromatic carbocycles. The summed E-state index contributed by atoms with van der Waals surface area (Å²) in [5.74, 6) is -0.206. The van der Waals surface area contributed by atoms with Crippen LogP contribution in [-0.2, 0) is 16.1 Å². The predicted octanol–water partition coefficient (Wildman–Crippen LogP) is 2.68. The first-order valence-corrected chi connectivity index (χ1v) is 6.71. The second-order valence-corrected chi connectivity index (χ2v) is 4.53. The molecular formula is C13H17ClN2O4. The van der Waals surface area contributed by atoms with Crippen molar-refractivity contribution in [3.05, 3.63) is 38.9 Å². The van der Waals surface area contributed by atoms with Crippen LogP contribution in [0, 0.1) is 10.1 Å². The predicted molar refractivity (Wildman–Crippen MR) is 75.7 cm³/mol. The van der Waals surface area contributed by atoms with Gasteiger partial charge in [-0.15, -0.1) is 0 Å². The largest absolute Gasteiger partial charge is 0.466 e. The first-order valence-electron chi connectivity index (χ1n) is 6.33. The zero-order valence-corrected chi connectivity index (χ0v) is 12.0. The van der Waals surface area contributed by atoms with Crippen molar-refractivity contribution in [2.45, 2.75) is 26.3 Å². The van der Waals surface area contributed by atoms with Crippen molar-refractivity contribution in [2.24, 2.45) is 0 Å². The third-order valence-corrected chi connectivity index (χ3v) is 2.95. The number of esters is 1. The summed E-state index contributed by atoms with van der Waals surface area (Å²) in [6.07, 6.45) is 1.04. The third kappa shape index (κ3) is 5.54. The van der Waals surface area contributed by atoms with Gasteiger partial charge in [0.1, 0.15) is 0 Å². The summed E-state index contributed by atoms with van der Waals surface area (Å²) < 4.78 is 4.81. The average molecular weight is 301 g/mol. The van der Waals surface area contributed by atoms with Crippen molar-refractivity contribution in [2.75, 3.05) is 13.2 Å². The van der Waals surface area contributed by atoms with Crippen LogP contribution in [0.1, 0.15) is 25.3 Å². The Kier molecular flexibility index (Phi) is 6.97. The Balaban J connectivity index is 2.32. The molecule has 20 heavy (non-hydrogen) atoms. The molecule has 0 aliphatic heterocycles. The molecule has 0 spiro atoms. The Morgan fingerprint density at radius 1 is 1.50 bits per heavy atom. The molecule has 0 aliphatic rings. The summed E-state index contributed by atoms with van der Waals surface area (Å²) in [6.45, 7) is 3.31. The molecule has 0 aliphatic carbocycles. The lowest BCUT2D eigenvalue weighted by molar-refractivity contribution is -0.384. The highest BCUT2D eigenvalue weighted by molar-refractivity contribution is 6.31. The normalized spacial score (nSPS) is 10.3. The molecule has 0 unspecified atom stereocenters. The van der Waals surface area contributed by atoms with Gasteiger partial charge in [-0.3, -0.25) is 14.9 Å². The maximum atomic E-state index is 11.1. The summed E-state index contributed by atoms with van der Waals surface area (Å²) in [7, 11) is 0. The minimum absolute atomic E-state index is 0.0268. The van der Waals surface area contributed by atoms with Crippen LogP contribution in [0.25, 0.3) is 0 Å². The molecule has 6 nitrogen and oxygen atoms in total. The third-order valence-electron chi connectivity index (χ3n) is 2.60. The molecular weight excluding hydrogens is 284 g/mol. The maximum absolute atomic E-state index is 11.1. The first-order chi connectivity index (χ1) is 9.54. The van der Waals surface area contributed by atoms with Crippen molar-refractivity contribution in [3.63, 3.8) is 0 Å². The highest BCUT2D eigenvalue weighted by Gasteiger charge is 2.09. The van der Waals surface area contributed by atoms with E-state index in [9.17, 15) is 14.9 Å². The molecule has 1 aromatic rings. The number of halogens is 1. The molecule has 0 heterocycles. The van der Waals surface area contributed by atoms with Crippen molar-refractivity contribution < 1.29 is 14.5 Å². The lowest BCUT2D eigenvalue weighted by Gasteiger charge is -2.06. The monoisotopic (exact) mass is 300 g/mol. The number of hydrogen-bond acceptors (Lipinski definition) is 5. The fraction of sp³-hybridized carbons (Fsp3) is 0.462. The van der Waals surface area contributed by atoms with E-state index in [2.05, 4.69) is 5.32 Å². The first kappa shape index (κ1) is 16.4. The van der Waals surface area contributed by atoms with E-state index in [0.717, 1.165) is 5.56 Å². The summed E-state index contributed by atoms with van der Waals surface area (Å²) in [6, 6.07) is 4.37.